The van der Waals surface area contributed by atoms with Crippen LogP contribution in [0.3, 0.4) is 0 Å². The molecule has 0 saturated heterocycles. The van der Waals surface area contributed by atoms with Gasteiger partial charge >= 0.3 is 11.3 Å². The highest BCUT2D eigenvalue weighted by atomic mass is 35.5. The summed E-state index contributed by atoms with van der Waals surface area (Å²) in [5.41, 5.74) is 0.873. The summed E-state index contributed by atoms with van der Waals surface area (Å²) in [5.74, 6) is -0.229. The van der Waals surface area contributed by atoms with Crippen LogP contribution in [0, 0.1) is 0 Å². The molecule has 0 saturated carbocycles. The standard InChI is InChI=1S/C15H10O5.CH3Cl/c16-9-6-12(18)10-2-4-14(20-15(10)7-9)8-1-3-11(17)13(19)5-8;1-2/h1-7H,(H3-,16,17,18,19);1H3/p+1. The molecule has 0 fully saturated rings. The maximum absolute atomic E-state index is 9.70. The lowest BCUT2D eigenvalue weighted by atomic mass is 10.1. The van der Waals surface area contributed by atoms with Gasteiger partial charge in [0, 0.05) is 24.6 Å². The molecule has 114 valence electrons. The monoisotopic (exact) mass is 321 g/mol. The van der Waals surface area contributed by atoms with Crippen molar-refractivity contribution in [3.8, 4) is 34.3 Å². The molecule has 22 heavy (non-hydrogen) atoms. The van der Waals surface area contributed by atoms with Crippen LogP contribution in [0.4, 0.5) is 0 Å². The molecule has 0 aliphatic rings. The van der Waals surface area contributed by atoms with Crippen LogP contribution in [-0.2, 0) is 0 Å². The number of hydrogen-bond acceptors (Lipinski definition) is 4. The first-order valence-corrected chi connectivity index (χ1v) is 6.99. The first-order valence-electron chi connectivity index (χ1n) is 6.23. The maximum atomic E-state index is 9.70. The zero-order valence-corrected chi connectivity index (χ0v) is 12.4. The van der Waals surface area contributed by atoms with Gasteiger partial charge in [-0.2, -0.15) is 0 Å². The number of fused-ring (bicyclic) bond motifs is 1. The second kappa shape index (κ2) is 6.41. The van der Waals surface area contributed by atoms with Crippen molar-refractivity contribution in [2.24, 2.45) is 0 Å². The van der Waals surface area contributed by atoms with E-state index in [4.69, 9.17) is 4.42 Å². The van der Waals surface area contributed by atoms with Crippen molar-refractivity contribution < 1.29 is 24.8 Å². The number of alkyl halides is 1. The van der Waals surface area contributed by atoms with E-state index in [2.05, 4.69) is 11.6 Å². The summed E-state index contributed by atoms with van der Waals surface area (Å²) >= 11 is 4.64. The lowest BCUT2D eigenvalue weighted by molar-refractivity contribution is 0.404. The fraction of sp³-hybridized carbons (Fsp3) is 0.0625. The predicted molar refractivity (Wildman–Crippen MR) is 84.5 cm³/mol. The highest BCUT2D eigenvalue weighted by molar-refractivity contribution is 6.15. The molecule has 1 aromatic heterocycles. The van der Waals surface area contributed by atoms with Crippen LogP contribution < -0.4 is 0 Å². The van der Waals surface area contributed by atoms with Crippen molar-refractivity contribution in [2.75, 3.05) is 6.38 Å². The third kappa shape index (κ3) is 2.99. The van der Waals surface area contributed by atoms with Gasteiger partial charge in [-0.1, -0.05) is 0 Å². The summed E-state index contributed by atoms with van der Waals surface area (Å²) in [4.78, 5) is 0. The third-order valence-corrected chi connectivity index (χ3v) is 2.99. The van der Waals surface area contributed by atoms with Gasteiger partial charge in [-0.15, -0.1) is 11.6 Å². The van der Waals surface area contributed by atoms with Gasteiger partial charge < -0.3 is 20.4 Å². The van der Waals surface area contributed by atoms with Gasteiger partial charge in [0.1, 0.15) is 16.9 Å². The average molecular weight is 322 g/mol. The molecule has 4 N–H and O–H groups in total. The molecule has 3 rings (SSSR count). The Hall–Kier alpha value is -2.66. The van der Waals surface area contributed by atoms with E-state index in [0.29, 0.717) is 22.3 Å². The topological polar surface area (TPSA) is 92.2 Å². The molecule has 0 aliphatic heterocycles. The van der Waals surface area contributed by atoms with Gasteiger partial charge in [0.05, 0.1) is 11.6 Å². The molecule has 6 heteroatoms. The number of aromatic hydroxyl groups is 4. The second-order valence-corrected chi connectivity index (χ2v) is 4.38. The van der Waals surface area contributed by atoms with E-state index < -0.39 is 0 Å². The Bertz CT molecular complexity index is 817. The Balaban J connectivity index is 0.000000847. The Kier molecular flexibility index (Phi) is 4.58. The Labute approximate surface area is 131 Å². The van der Waals surface area contributed by atoms with Crippen molar-refractivity contribution in [2.45, 2.75) is 0 Å². The Morgan fingerprint density at radius 1 is 0.773 bits per heavy atom. The minimum absolute atomic E-state index is 0.0798. The first kappa shape index (κ1) is 15.7. The van der Waals surface area contributed by atoms with Crippen LogP contribution in [-0.4, -0.2) is 26.8 Å². The molecular formula is C16H14ClO5+. The van der Waals surface area contributed by atoms with Crippen LogP contribution in [0.5, 0.6) is 23.0 Å². The molecule has 0 spiro atoms. The van der Waals surface area contributed by atoms with Crippen molar-refractivity contribution in [1.82, 2.24) is 0 Å². The summed E-state index contributed by atoms with van der Waals surface area (Å²) in [7, 11) is 0. The molecule has 0 unspecified atom stereocenters. The lowest BCUT2D eigenvalue weighted by Gasteiger charge is -1.99. The molecule has 2 aromatic carbocycles. The van der Waals surface area contributed by atoms with E-state index in [1.165, 1.54) is 30.6 Å². The van der Waals surface area contributed by atoms with Crippen LogP contribution in [0.15, 0.2) is 46.9 Å². The summed E-state index contributed by atoms with van der Waals surface area (Å²) in [6.45, 7) is 0. The summed E-state index contributed by atoms with van der Waals surface area (Å²) < 4.78 is 5.59. The van der Waals surface area contributed by atoms with Gasteiger partial charge in [0.2, 0.25) is 0 Å². The number of hydrogen-bond donors (Lipinski definition) is 4. The van der Waals surface area contributed by atoms with Crippen molar-refractivity contribution in [3.63, 3.8) is 0 Å². The molecule has 0 bridgehead atoms. The van der Waals surface area contributed by atoms with Crippen LogP contribution >= 0.6 is 11.6 Å². The molecular weight excluding hydrogens is 308 g/mol. The molecule has 1 heterocycles. The fourth-order valence-electron chi connectivity index (χ4n) is 1.99. The molecule has 0 atom stereocenters. The van der Waals surface area contributed by atoms with E-state index >= 15 is 0 Å². The minimum atomic E-state index is -0.253. The number of rotatable bonds is 1. The molecule has 0 amide bonds. The van der Waals surface area contributed by atoms with Gasteiger partial charge in [-0.05, 0) is 18.2 Å². The summed E-state index contributed by atoms with van der Waals surface area (Å²) in [6.07, 6.45) is 1.47. The van der Waals surface area contributed by atoms with Crippen LogP contribution in [0.1, 0.15) is 0 Å². The lowest BCUT2D eigenvalue weighted by Crippen LogP contribution is -1.81. The number of phenolic OH excluding ortho intramolecular Hbond substituents is 4. The Morgan fingerprint density at radius 3 is 2.18 bits per heavy atom. The molecule has 5 nitrogen and oxygen atoms in total. The maximum Gasteiger partial charge on any atom is 0.368 e. The summed E-state index contributed by atoms with van der Waals surface area (Å²) in [6, 6.07) is 10.2. The zero-order chi connectivity index (χ0) is 16.3. The van der Waals surface area contributed by atoms with Gasteiger partial charge in [-0.25, -0.2) is 4.42 Å². The SMILES string of the molecule is CCl.Oc1cc(O)c2ccc(-c3ccc(O)c(O)c3)[o+]c2c1. The summed E-state index contributed by atoms with van der Waals surface area (Å²) in [5, 5.41) is 38.4. The molecule has 0 radical (unpaired) electrons. The number of halogens is 1. The van der Waals surface area contributed by atoms with E-state index in [-0.39, 0.29) is 23.0 Å². The minimum Gasteiger partial charge on any atom is -0.507 e. The van der Waals surface area contributed by atoms with Gasteiger partial charge in [-0.3, -0.25) is 0 Å². The van der Waals surface area contributed by atoms with E-state index in [1.54, 1.807) is 18.2 Å². The van der Waals surface area contributed by atoms with Crippen molar-refractivity contribution >= 4 is 22.6 Å². The van der Waals surface area contributed by atoms with Gasteiger partial charge in [0.15, 0.2) is 11.5 Å². The average Bonchev–Trinajstić information content (AvgIpc) is 2.51. The fourth-order valence-corrected chi connectivity index (χ4v) is 1.99. The van der Waals surface area contributed by atoms with E-state index in [9.17, 15) is 20.4 Å². The number of phenols is 4. The van der Waals surface area contributed by atoms with E-state index in [0.717, 1.165) is 0 Å². The second-order valence-electron chi connectivity index (χ2n) is 4.38. The third-order valence-electron chi connectivity index (χ3n) is 2.99. The highest BCUT2D eigenvalue weighted by Crippen LogP contribution is 2.35. The van der Waals surface area contributed by atoms with E-state index in [1.807, 2.05) is 0 Å². The Morgan fingerprint density at radius 2 is 1.50 bits per heavy atom. The quantitative estimate of drug-likeness (QED) is 0.308. The normalized spacial score (nSPS) is 10.1. The van der Waals surface area contributed by atoms with Crippen LogP contribution in [0.2, 0.25) is 0 Å². The van der Waals surface area contributed by atoms with Gasteiger partial charge in [0.25, 0.3) is 0 Å². The molecule has 0 aliphatic carbocycles. The number of benzene rings is 2. The zero-order valence-electron chi connectivity index (χ0n) is 11.6. The first-order chi connectivity index (χ1) is 10.5. The van der Waals surface area contributed by atoms with Crippen molar-refractivity contribution in [3.05, 3.63) is 42.5 Å². The predicted octanol–water partition coefficient (Wildman–Crippen LogP) is 4.06. The molecule has 3 aromatic rings. The smallest absolute Gasteiger partial charge is 0.368 e. The highest BCUT2D eigenvalue weighted by Gasteiger charge is 2.18. The van der Waals surface area contributed by atoms with Crippen molar-refractivity contribution in [1.29, 1.82) is 0 Å². The largest absolute Gasteiger partial charge is 0.507 e. The van der Waals surface area contributed by atoms with Crippen LogP contribution in [0.25, 0.3) is 22.3 Å².